The third-order valence-corrected chi connectivity index (χ3v) is 4.19. The number of hydrogen-bond donors (Lipinski definition) is 3. The van der Waals surface area contributed by atoms with Crippen molar-refractivity contribution in [1.29, 1.82) is 0 Å². The van der Waals surface area contributed by atoms with E-state index in [2.05, 4.69) is 29.5 Å². The standard InChI is InChI=1S/C18H29N3O.HI/c1-4-9-14-12-16(14)21-17(19-5-2)20-13-18(3,22)15-10-7-6-8-11-15;/h6-8,10-11,14,16,22H,4-5,9,12-13H2,1-3H3,(H2,19,20,21);1H. The molecule has 3 N–H and O–H groups in total. The summed E-state index contributed by atoms with van der Waals surface area (Å²) in [7, 11) is 0. The Labute approximate surface area is 157 Å². The van der Waals surface area contributed by atoms with Gasteiger partial charge in [-0.2, -0.15) is 0 Å². The third-order valence-electron chi connectivity index (χ3n) is 4.19. The van der Waals surface area contributed by atoms with Crippen LogP contribution in [0.2, 0.25) is 0 Å². The molecular formula is C18H30IN3O. The summed E-state index contributed by atoms with van der Waals surface area (Å²) in [5.41, 5.74) is -0.0550. The van der Waals surface area contributed by atoms with Crippen molar-refractivity contribution in [2.75, 3.05) is 13.1 Å². The molecule has 23 heavy (non-hydrogen) atoms. The normalized spacial score (nSPS) is 22.7. The first-order chi connectivity index (χ1) is 10.6. The van der Waals surface area contributed by atoms with E-state index in [1.165, 1.54) is 19.3 Å². The van der Waals surface area contributed by atoms with Crippen molar-refractivity contribution in [1.82, 2.24) is 10.6 Å². The molecule has 3 atom stereocenters. The second-order valence-electron chi connectivity index (χ2n) is 6.37. The van der Waals surface area contributed by atoms with E-state index in [4.69, 9.17) is 0 Å². The van der Waals surface area contributed by atoms with Gasteiger partial charge < -0.3 is 15.7 Å². The highest BCUT2D eigenvalue weighted by atomic mass is 127. The molecule has 1 aromatic carbocycles. The van der Waals surface area contributed by atoms with Crippen LogP contribution in [-0.4, -0.2) is 30.2 Å². The van der Waals surface area contributed by atoms with Crippen molar-refractivity contribution in [3.8, 4) is 0 Å². The van der Waals surface area contributed by atoms with Crippen molar-refractivity contribution >= 4 is 29.9 Å². The minimum atomic E-state index is -0.948. The van der Waals surface area contributed by atoms with Crippen molar-refractivity contribution in [3.05, 3.63) is 35.9 Å². The van der Waals surface area contributed by atoms with Crippen LogP contribution in [0, 0.1) is 5.92 Å². The zero-order chi connectivity index (χ0) is 16.0. The van der Waals surface area contributed by atoms with Gasteiger partial charge in [0.25, 0.3) is 0 Å². The highest BCUT2D eigenvalue weighted by Gasteiger charge is 2.36. The van der Waals surface area contributed by atoms with Gasteiger partial charge in [-0.3, -0.25) is 0 Å². The minimum Gasteiger partial charge on any atom is -0.384 e. The Hall–Kier alpha value is -0.820. The van der Waals surface area contributed by atoms with Crippen LogP contribution in [0.25, 0.3) is 0 Å². The van der Waals surface area contributed by atoms with Crippen LogP contribution in [0.5, 0.6) is 0 Å². The van der Waals surface area contributed by atoms with Crippen LogP contribution >= 0.6 is 24.0 Å². The summed E-state index contributed by atoms with van der Waals surface area (Å²) in [6, 6.07) is 10.3. The molecule has 3 unspecified atom stereocenters. The summed E-state index contributed by atoms with van der Waals surface area (Å²) >= 11 is 0. The lowest BCUT2D eigenvalue weighted by Crippen LogP contribution is -2.40. The molecule has 5 heteroatoms. The number of hydrogen-bond acceptors (Lipinski definition) is 2. The maximum Gasteiger partial charge on any atom is 0.191 e. The lowest BCUT2D eigenvalue weighted by atomic mass is 9.96. The van der Waals surface area contributed by atoms with Gasteiger partial charge in [0.05, 0.1) is 6.54 Å². The Bertz CT molecular complexity index is 490. The largest absolute Gasteiger partial charge is 0.384 e. The predicted octanol–water partition coefficient (Wildman–Crippen LogP) is 3.26. The van der Waals surface area contributed by atoms with Gasteiger partial charge in [0, 0.05) is 12.6 Å². The molecule has 0 aromatic heterocycles. The molecule has 0 saturated heterocycles. The maximum absolute atomic E-state index is 10.6. The number of nitrogens with zero attached hydrogens (tertiary/aromatic N) is 1. The van der Waals surface area contributed by atoms with Crippen LogP contribution in [0.15, 0.2) is 35.3 Å². The molecule has 0 amide bonds. The van der Waals surface area contributed by atoms with E-state index in [-0.39, 0.29) is 24.0 Å². The number of aliphatic imine (C=N–C) groups is 1. The Morgan fingerprint density at radius 1 is 1.30 bits per heavy atom. The summed E-state index contributed by atoms with van der Waals surface area (Å²) in [5, 5.41) is 17.4. The van der Waals surface area contributed by atoms with Gasteiger partial charge in [0.15, 0.2) is 5.96 Å². The monoisotopic (exact) mass is 431 g/mol. The van der Waals surface area contributed by atoms with Gasteiger partial charge in [-0.1, -0.05) is 43.7 Å². The van der Waals surface area contributed by atoms with Crippen LogP contribution in [0.4, 0.5) is 0 Å². The third kappa shape index (κ3) is 6.30. The SMILES string of the molecule is CCCC1CC1NC(=NCC(C)(O)c1ccccc1)NCC.I. The molecule has 0 heterocycles. The zero-order valence-electron chi connectivity index (χ0n) is 14.4. The van der Waals surface area contributed by atoms with Gasteiger partial charge in [0.1, 0.15) is 5.60 Å². The number of nitrogens with one attached hydrogen (secondary N) is 2. The summed E-state index contributed by atoms with van der Waals surface area (Å²) < 4.78 is 0. The lowest BCUT2D eigenvalue weighted by Gasteiger charge is -2.22. The van der Waals surface area contributed by atoms with E-state index in [1.54, 1.807) is 0 Å². The topological polar surface area (TPSA) is 56.7 Å². The second kappa shape index (κ2) is 9.47. The van der Waals surface area contributed by atoms with Gasteiger partial charge in [-0.05, 0) is 38.2 Å². The molecule has 130 valence electrons. The van der Waals surface area contributed by atoms with Crippen molar-refractivity contribution in [2.45, 2.75) is 51.7 Å². The fourth-order valence-corrected chi connectivity index (χ4v) is 2.73. The van der Waals surface area contributed by atoms with Crippen LogP contribution in [0.1, 0.15) is 45.6 Å². The van der Waals surface area contributed by atoms with E-state index in [0.29, 0.717) is 12.6 Å². The molecule has 0 aliphatic heterocycles. The molecule has 0 spiro atoms. The fourth-order valence-electron chi connectivity index (χ4n) is 2.73. The lowest BCUT2D eigenvalue weighted by molar-refractivity contribution is 0.0672. The molecule has 1 saturated carbocycles. The quantitative estimate of drug-likeness (QED) is 0.353. The molecular weight excluding hydrogens is 401 g/mol. The fraction of sp³-hybridized carbons (Fsp3) is 0.611. The van der Waals surface area contributed by atoms with Gasteiger partial charge in [-0.15, -0.1) is 24.0 Å². The van der Waals surface area contributed by atoms with Crippen LogP contribution < -0.4 is 10.6 Å². The molecule has 0 bridgehead atoms. The van der Waals surface area contributed by atoms with Gasteiger partial charge in [0.2, 0.25) is 0 Å². The van der Waals surface area contributed by atoms with E-state index in [1.807, 2.05) is 37.3 Å². The van der Waals surface area contributed by atoms with E-state index in [9.17, 15) is 5.11 Å². The average molecular weight is 431 g/mol. The first-order valence-electron chi connectivity index (χ1n) is 8.39. The first kappa shape index (κ1) is 20.2. The van der Waals surface area contributed by atoms with Gasteiger partial charge >= 0.3 is 0 Å². The first-order valence-corrected chi connectivity index (χ1v) is 8.39. The highest BCUT2D eigenvalue weighted by molar-refractivity contribution is 14.0. The Balaban J connectivity index is 0.00000264. The minimum absolute atomic E-state index is 0. The summed E-state index contributed by atoms with van der Waals surface area (Å²) in [6.07, 6.45) is 3.74. The summed E-state index contributed by atoms with van der Waals surface area (Å²) in [6.45, 7) is 7.27. The Kier molecular flexibility index (Phi) is 8.33. The van der Waals surface area contributed by atoms with Crippen LogP contribution in [0.3, 0.4) is 0 Å². The zero-order valence-corrected chi connectivity index (χ0v) is 16.7. The summed E-state index contributed by atoms with van der Waals surface area (Å²) in [5.74, 6) is 1.59. The molecule has 0 radical (unpaired) electrons. The van der Waals surface area contributed by atoms with Crippen molar-refractivity contribution in [2.24, 2.45) is 10.9 Å². The molecule has 1 aliphatic rings. The smallest absolute Gasteiger partial charge is 0.191 e. The van der Waals surface area contributed by atoms with E-state index >= 15 is 0 Å². The van der Waals surface area contributed by atoms with Crippen molar-refractivity contribution in [3.63, 3.8) is 0 Å². The molecule has 1 fully saturated rings. The van der Waals surface area contributed by atoms with Gasteiger partial charge in [-0.25, -0.2) is 4.99 Å². The number of guanidine groups is 1. The molecule has 1 aromatic rings. The number of aliphatic hydroxyl groups is 1. The van der Waals surface area contributed by atoms with Crippen LogP contribution in [-0.2, 0) is 5.60 Å². The number of benzene rings is 1. The number of rotatable bonds is 7. The Morgan fingerprint density at radius 2 is 2.00 bits per heavy atom. The Morgan fingerprint density at radius 3 is 2.61 bits per heavy atom. The highest BCUT2D eigenvalue weighted by Crippen LogP contribution is 2.34. The average Bonchev–Trinajstić information content (AvgIpc) is 3.24. The van der Waals surface area contributed by atoms with E-state index in [0.717, 1.165) is 24.0 Å². The van der Waals surface area contributed by atoms with E-state index < -0.39 is 5.60 Å². The second-order valence-corrected chi connectivity index (χ2v) is 6.37. The predicted molar refractivity (Wildman–Crippen MR) is 107 cm³/mol. The summed E-state index contributed by atoms with van der Waals surface area (Å²) in [4.78, 5) is 4.58. The van der Waals surface area contributed by atoms with Crippen molar-refractivity contribution < 1.29 is 5.11 Å². The molecule has 4 nitrogen and oxygen atoms in total. The molecule has 1 aliphatic carbocycles. The number of halogens is 1. The maximum atomic E-state index is 10.6. The molecule has 2 rings (SSSR count).